The van der Waals surface area contributed by atoms with Gasteiger partial charge in [-0.05, 0) is 29.8 Å². The van der Waals surface area contributed by atoms with E-state index in [0.717, 1.165) is 5.56 Å². The van der Waals surface area contributed by atoms with E-state index in [2.05, 4.69) is 0 Å². The van der Waals surface area contributed by atoms with Gasteiger partial charge in [-0.3, -0.25) is 4.79 Å². The summed E-state index contributed by atoms with van der Waals surface area (Å²) in [6.45, 7) is 0.385. The monoisotopic (exact) mass is 291 g/mol. The number of amides is 1. The van der Waals surface area contributed by atoms with E-state index in [1.54, 1.807) is 19.2 Å². The third kappa shape index (κ3) is 3.42. The Kier molecular flexibility index (Phi) is 4.15. The first-order chi connectivity index (χ1) is 9.45. The fourth-order valence-electron chi connectivity index (χ4n) is 1.92. The molecule has 0 aliphatic rings. The predicted octanol–water partition coefficient (Wildman–Crippen LogP) is 3.02. The summed E-state index contributed by atoms with van der Waals surface area (Å²) in [5.41, 5.74) is 1.13. The molecule has 0 atom stereocenters. The molecule has 0 bridgehead atoms. The zero-order chi connectivity index (χ0) is 14.7. The van der Waals surface area contributed by atoms with E-state index < -0.39 is 0 Å². The average Bonchev–Trinajstić information content (AvgIpc) is 2.36. The molecule has 2 N–H and O–H groups in total. The first kappa shape index (κ1) is 14.2. The highest BCUT2D eigenvalue weighted by Crippen LogP contribution is 2.22. The Labute approximate surface area is 121 Å². The maximum atomic E-state index is 12.2. The van der Waals surface area contributed by atoms with Crippen LogP contribution in [0.2, 0.25) is 5.02 Å². The van der Waals surface area contributed by atoms with Crippen molar-refractivity contribution in [1.82, 2.24) is 4.90 Å². The molecule has 0 saturated carbocycles. The van der Waals surface area contributed by atoms with Crippen LogP contribution in [-0.4, -0.2) is 28.1 Å². The fourth-order valence-corrected chi connectivity index (χ4v) is 2.13. The van der Waals surface area contributed by atoms with Crippen molar-refractivity contribution in [2.45, 2.75) is 6.54 Å². The number of hydrogen-bond donors (Lipinski definition) is 2. The third-order valence-corrected chi connectivity index (χ3v) is 3.04. The standard InChI is InChI=1S/C15H14ClNO3/c1-17(9-10-3-2-4-12(16)5-10)15(20)11-6-13(18)8-14(19)7-11/h2-8,18-19H,9H2,1H3. The predicted molar refractivity (Wildman–Crippen MR) is 77.0 cm³/mol. The molecule has 0 fully saturated rings. The van der Waals surface area contributed by atoms with Crippen LogP contribution in [0, 0.1) is 0 Å². The molecular weight excluding hydrogens is 278 g/mol. The van der Waals surface area contributed by atoms with Gasteiger partial charge in [0.15, 0.2) is 0 Å². The summed E-state index contributed by atoms with van der Waals surface area (Å²) in [6.07, 6.45) is 0. The molecule has 2 aromatic carbocycles. The first-order valence-electron chi connectivity index (χ1n) is 5.98. The Bertz CT molecular complexity index is 623. The van der Waals surface area contributed by atoms with Gasteiger partial charge in [0.25, 0.3) is 5.91 Å². The van der Waals surface area contributed by atoms with E-state index in [9.17, 15) is 15.0 Å². The van der Waals surface area contributed by atoms with Gasteiger partial charge >= 0.3 is 0 Å². The maximum absolute atomic E-state index is 12.2. The SMILES string of the molecule is CN(Cc1cccc(Cl)c1)C(=O)c1cc(O)cc(O)c1. The first-order valence-corrected chi connectivity index (χ1v) is 6.36. The van der Waals surface area contributed by atoms with Crippen molar-refractivity contribution in [3.63, 3.8) is 0 Å². The molecule has 2 aromatic rings. The zero-order valence-corrected chi connectivity index (χ0v) is 11.6. The molecule has 0 spiro atoms. The summed E-state index contributed by atoms with van der Waals surface area (Å²) in [5, 5.41) is 19.4. The minimum atomic E-state index is -0.295. The summed E-state index contributed by atoms with van der Waals surface area (Å²) >= 11 is 5.90. The Hall–Kier alpha value is -2.20. The van der Waals surface area contributed by atoms with E-state index in [-0.39, 0.29) is 23.0 Å². The molecule has 0 aromatic heterocycles. The highest BCUT2D eigenvalue weighted by molar-refractivity contribution is 6.30. The Morgan fingerprint density at radius 2 is 1.80 bits per heavy atom. The minimum absolute atomic E-state index is 0.149. The maximum Gasteiger partial charge on any atom is 0.254 e. The lowest BCUT2D eigenvalue weighted by atomic mass is 10.1. The van der Waals surface area contributed by atoms with Crippen molar-refractivity contribution >= 4 is 17.5 Å². The number of rotatable bonds is 3. The van der Waals surface area contributed by atoms with E-state index in [4.69, 9.17) is 11.6 Å². The smallest absolute Gasteiger partial charge is 0.254 e. The summed E-state index contributed by atoms with van der Waals surface area (Å²) in [5.74, 6) is -0.592. The molecule has 0 aliphatic carbocycles. The van der Waals surface area contributed by atoms with E-state index in [1.165, 1.54) is 23.1 Å². The van der Waals surface area contributed by atoms with Crippen molar-refractivity contribution in [3.05, 3.63) is 58.6 Å². The number of benzene rings is 2. The molecule has 2 rings (SSSR count). The molecule has 0 heterocycles. The molecule has 0 aliphatic heterocycles. The molecular formula is C15H14ClNO3. The normalized spacial score (nSPS) is 10.3. The van der Waals surface area contributed by atoms with Crippen molar-refractivity contribution < 1.29 is 15.0 Å². The van der Waals surface area contributed by atoms with Gasteiger partial charge in [0.2, 0.25) is 0 Å². The number of halogens is 1. The number of phenols is 2. The van der Waals surface area contributed by atoms with Gasteiger partial charge in [-0.2, -0.15) is 0 Å². The summed E-state index contributed by atoms with van der Waals surface area (Å²) in [7, 11) is 1.64. The Morgan fingerprint density at radius 1 is 1.15 bits per heavy atom. The third-order valence-electron chi connectivity index (χ3n) is 2.80. The lowest BCUT2D eigenvalue weighted by molar-refractivity contribution is 0.0784. The highest BCUT2D eigenvalue weighted by Gasteiger charge is 2.14. The summed E-state index contributed by atoms with van der Waals surface area (Å²) < 4.78 is 0. The van der Waals surface area contributed by atoms with Crippen LogP contribution in [0.5, 0.6) is 11.5 Å². The van der Waals surface area contributed by atoms with Crippen LogP contribution in [0.4, 0.5) is 0 Å². The van der Waals surface area contributed by atoms with E-state index >= 15 is 0 Å². The molecule has 104 valence electrons. The van der Waals surface area contributed by atoms with Gasteiger partial charge in [0.1, 0.15) is 11.5 Å². The molecule has 4 nitrogen and oxygen atoms in total. The molecule has 0 unspecified atom stereocenters. The van der Waals surface area contributed by atoms with E-state index in [1.807, 2.05) is 12.1 Å². The second kappa shape index (κ2) is 5.84. The minimum Gasteiger partial charge on any atom is -0.508 e. The largest absolute Gasteiger partial charge is 0.508 e. The van der Waals surface area contributed by atoms with Gasteiger partial charge in [0.05, 0.1) is 0 Å². The average molecular weight is 292 g/mol. The summed E-state index contributed by atoms with van der Waals surface area (Å²) in [4.78, 5) is 13.7. The van der Waals surface area contributed by atoms with Crippen LogP contribution in [0.25, 0.3) is 0 Å². The van der Waals surface area contributed by atoms with Crippen LogP contribution in [0.15, 0.2) is 42.5 Å². The van der Waals surface area contributed by atoms with Crippen LogP contribution in [-0.2, 0) is 6.54 Å². The number of aromatic hydroxyl groups is 2. The molecule has 0 saturated heterocycles. The lowest BCUT2D eigenvalue weighted by Crippen LogP contribution is -2.26. The van der Waals surface area contributed by atoms with Crippen molar-refractivity contribution in [2.75, 3.05) is 7.05 Å². The van der Waals surface area contributed by atoms with Crippen LogP contribution in [0.1, 0.15) is 15.9 Å². The molecule has 20 heavy (non-hydrogen) atoms. The van der Waals surface area contributed by atoms with Crippen LogP contribution < -0.4 is 0 Å². The Balaban J connectivity index is 2.16. The number of hydrogen-bond acceptors (Lipinski definition) is 3. The van der Waals surface area contributed by atoms with Gasteiger partial charge < -0.3 is 15.1 Å². The highest BCUT2D eigenvalue weighted by atomic mass is 35.5. The number of phenolic OH excluding ortho intramolecular Hbond substituents is 2. The summed E-state index contributed by atoms with van der Waals surface area (Å²) in [6, 6.07) is 11.0. The van der Waals surface area contributed by atoms with E-state index in [0.29, 0.717) is 11.6 Å². The quantitative estimate of drug-likeness (QED) is 0.914. The number of carbonyl (C=O) groups excluding carboxylic acids is 1. The number of nitrogens with zero attached hydrogens (tertiary/aromatic N) is 1. The van der Waals surface area contributed by atoms with Crippen molar-refractivity contribution in [3.8, 4) is 11.5 Å². The van der Waals surface area contributed by atoms with Gasteiger partial charge in [-0.25, -0.2) is 0 Å². The van der Waals surface area contributed by atoms with Crippen molar-refractivity contribution in [2.24, 2.45) is 0 Å². The zero-order valence-electron chi connectivity index (χ0n) is 10.9. The van der Waals surface area contributed by atoms with Gasteiger partial charge in [-0.15, -0.1) is 0 Å². The van der Waals surface area contributed by atoms with Gasteiger partial charge in [-0.1, -0.05) is 23.7 Å². The molecule has 0 radical (unpaired) electrons. The Morgan fingerprint density at radius 3 is 2.40 bits per heavy atom. The second-order valence-electron chi connectivity index (χ2n) is 4.53. The number of carbonyl (C=O) groups is 1. The van der Waals surface area contributed by atoms with Crippen LogP contribution in [0.3, 0.4) is 0 Å². The lowest BCUT2D eigenvalue weighted by Gasteiger charge is -2.17. The van der Waals surface area contributed by atoms with Crippen LogP contribution >= 0.6 is 11.6 Å². The second-order valence-corrected chi connectivity index (χ2v) is 4.97. The topological polar surface area (TPSA) is 60.8 Å². The molecule has 1 amide bonds. The fraction of sp³-hybridized carbons (Fsp3) is 0.133. The van der Waals surface area contributed by atoms with Gasteiger partial charge in [0, 0.05) is 30.2 Å². The van der Waals surface area contributed by atoms with Crippen molar-refractivity contribution in [1.29, 1.82) is 0 Å². The molecule has 5 heteroatoms.